The van der Waals surface area contributed by atoms with Crippen molar-refractivity contribution in [3.05, 3.63) is 29.3 Å². The van der Waals surface area contributed by atoms with Crippen molar-refractivity contribution < 1.29 is 17.9 Å². The molecule has 116 valence electrons. The Balaban J connectivity index is 1.95. The number of hydrogen-bond donors (Lipinski definition) is 1. The van der Waals surface area contributed by atoms with Crippen molar-refractivity contribution in [3.63, 3.8) is 0 Å². The SMILES string of the molecule is Cc1cccc(O[C@@H](C)C(=O)N[C@@H]2CCS(=O)(=O)C2)c1C. The standard InChI is InChI=1S/C15H21NO4S/c1-10-5-4-6-14(11(10)2)20-12(3)15(17)16-13-7-8-21(18,19)9-13/h4-6,12-13H,7-9H2,1-3H3,(H,16,17)/t12-,13+/m0/s1. The van der Waals surface area contributed by atoms with Gasteiger partial charge in [-0.05, 0) is 44.4 Å². The lowest BCUT2D eigenvalue weighted by atomic mass is 10.1. The molecule has 1 aliphatic heterocycles. The molecule has 0 radical (unpaired) electrons. The van der Waals surface area contributed by atoms with Gasteiger partial charge in [-0.25, -0.2) is 8.42 Å². The number of carbonyl (C=O) groups is 1. The number of nitrogens with one attached hydrogen (secondary N) is 1. The van der Waals surface area contributed by atoms with Crippen molar-refractivity contribution >= 4 is 15.7 Å². The summed E-state index contributed by atoms with van der Waals surface area (Å²) in [6, 6.07) is 5.39. The first-order valence-corrected chi connectivity index (χ1v) is 8.84. The smallest absolute Gasteiger partial charge is 0.261 e. The van der Waals surface area contributed by atoms with E-state index >= 15 is 0 Å². The van der Waals surface area contributed by atoms with Crippen LogP contribution in [-0.4, -0.2) is 38.0 Å². The summed E-state index contributed by atoms with van der Waals surface area (Å²) in [6.07, 6.45) is -0.182. The summed E-state index contributed by atoms with van der Waals surface area (Å²) in [5.41, 5.74) is 2.10. The Morgan fingerprint density at radius 3 is 2.71 bits per heavy atom. The topological polar surface area (TPSA) is 72.5 Å². The van der Waals surface area contributed by atoms with E-state index in [0.717, 1.165) is 11.1 Å². The number of rotatable bonds is 4. The lowest BCUT2D eigenvalue weighted by molar-refractivity contribution is -0.127. The van der Waals surface area contributed by atoms with Crippen LogP contribution in [0.2, 0.25) is 0 Å². The minimum atomic E-state index is -2.99. The fraction of sp³-hybridized carbons (Fsp3) is 0.533. The van der Waals surface area contributed by atoms with E-state index < -0.39 is 15.9 Å². The predicted molar refractivity (Wildman–Crippen MR) is 81.2 cm³/mol. The third-order valence-electron chi connectivity index (χ3n) is 3.81. The minimum absolute atomic E-state index is 0.0228. The first-order valence-electron chi connectivity index (χ1n) is 7.02. The molecule has 0 unspecified atom stereocenters. The van der Waals surface area contributed by atoms with E-state index in [1.165, 1.54) is 0 Å². The van der Waals surface area contributed by atoms with E-state index in [9.17, 15) is 13.2 Å². The Labute approximate surface area is 125 Å². The van der Waals surface area contributed by atoms with Gasteiger partial charge in [0, 0.05) is 6.04 Å². The van der Waals surface area contributed by atoms with Crippen LogP contribution in [0.3, 0.4) is 0 Å². The van der Waals surface area contributed by atoms with Gasteiger partial charge in [0.15, 0.2) is 15.9 Å². The van der Waals surface area contributed by atoms with Crippen LogP contribution in [0.15, 0.2) is 18.2 Å². The summed E-state index contributed by atoms with van der Waals surface area (Å²) >= 11 is 0. The molecule has 1 amide bonds. The maximum Gasteiger partial charge on any atom is 0.261 e. The molecule has 1 aromatic rings. The Kier molecular flexibility index (Phi) is 4.56. The molecule has 1 aromatic carbocycles. The summed E-state index contributed by atoms with van der Waals surface area (Å²) in [5.74, 6) is 0.564. The highest BCUT2D eigenvalue weighted by Crippen LogP contribution is 2.22. The average molecular weight is 311 g/mol. The van der Waals surface area contributed by atoms with Crippen molar-refractivity contribution in [2.24, 2.45) is 0 Å². The van der Waals surface area contributed by atoms with Crippen LogP contribution in [0.1, 0.15) is 24.5 Å². The second-order valence-electron chi connectivity index (χ2n) is 5.57. The second kappa shape index (κ2) is 6.05. The molecule has 6 heteroatoms. The molecule has 0 saturated carbocycles. The Morgan fingerprint density at radius 2 is 2.10 bits per heavy atom. The van der Waals surface area contributed by atoms with Crippen LogP contribution in [0, 0.1) is 13.8 Å². The molecule has 21 heavy (non-hydrogen) atoms. The van der Waals surface area contributed by atoms with Gasteiger partial charge >= 0.3 is 0 Å². The van der Waals surface area contributed by atoms with Gasteiger partial charge in [0.2, 0.25) is 0 Å². The minimum Gasteiger partial charge on any atom is -0.481 e. The Bertz CT molecular complexity index is 639. The van der Waals surface area contributed by atoms with Gasteiger partial charge in [-0.1, -0.05) is 12.1 Å². The highest BCUT2D eigenvalue weighted by molar-refractivity contribution is 7.91. The molecule has 1 N–H and O–H groups in total. The summed E-state index contributed by atoms with van der Waals surface area (Å²) in [4.78, 5) is 12.1. The van der Waals surface area contributed by atoms with Gasteiger partial charge in [0.25, 0.3) is 5.91 Å². The zero-order valence-corrected chi connectivity index (χ0v) is 13.4. The molecule has 0 spiro atoms. The number of carbonyl (C=O) groups excluding carboxylic acids is 1. The lowest BCUT2D eigenvalue weighted by Crippen LogP contribution is -2.43. The first-order chi connectivity index (χ1) is 9.78. The number of aryl methyl sites for hydroxylation is 1. The van der Waals surface area contributed by atoms with Crippen LogP contribution >= 0.6 is 0 Å². The van der Waals surface area contributed by atoms with Gasteiger partial charge in [-0.3, -0.25) is 4.79 Å². The van der Waals surface area contributed by atoms with Crippen LogP contribution in [0.5, 0.6) is 5.75 Å². The summed E-state index contributed by atoms with van der Waals surface area (Å²) < 4.78 is 28.5. The van der Waals surface area contributed by atoms with Crippen molar-refractivity contribution in [2.75, 3.05) is 11.5 Å². The van der Waals surface area contributed by atoms with Crippen LogP contribution in [-0.2, 0) is 14.6 Å². The molecule has 0 bridgehead atoms. The van der Waals surface area contributed by atoms with E-state index in [2.05, 4.69) is 5.32 Å². The van der Waals surface area contributed by atoms with Crippen molar-refractivity contribution in [3.8, 4) is 5.75 Å². The Hall–Kier alpha value is -1.56. The highest BCUT2D eigenvalue weighted by Gasteiger charge is 2.30. The van der Waals surface area contributed by atoms with Gasteiger partial charge in [-0.15, -0.1) is 0 Å². The molecule has 5 nitrogen and oxygen atoms in total. The average Bonchev–Trinajstić information content (AvgIpc) is 2.74. The van der Waals surface area contributed by atoms with E-state index in [-0.39, 0.29) is 23.5 Å². The second-order valence-corrected chi connectivity index (χ2v) is 7.80. The van der Waals surface area contributed by atoms with Crippen molar-refractivity contribution in [2.45, 2.75) is 39.3 Å². The number of ether oxygens (including phenoxy) is 1. The first kappa shape index (κ1) is 15.8. The largest absolute Gasteiger partial charge is 0.481 e. The quantitative estimate of drug-likeness (QED) is 0.911. The van der Waals surface area contributed by atoms with Gasteiger partial charge in [-0.2, -0.15) is 0 Å². The van der Waals surface area contributed by atoms with Crippen LogP contribution in [0.4, 0.5) is 0 Å². The highest BCUT2D eigenvalue weighted by atomic mass is 32.2. The fourth-order valence-corrected chi connectivity index (χ4v) is 4.00. The molecule has 1 fully saturated rings. The summed E-state index contributed by atoms with van der Waals surface area (Å²) in [5, 5.41) is 2.75. The predicted octanol–water partition coefficient (Wildman–Crippen LogP) is 1.37. The Morgan fingerprint density at radius 1 is 1.38 bits per heavy atom. The molecule has 1 saturated heterocycles. The molecule has 2 rings (SSSR count). The third kappa shape index (κ3) is 3.97. The van der Waals surface area contributed by atoms with Gasteiger partial charge in [0.05, 0.1) is 11.5 Å². The van der Waals surface area contributed by atoms with Crippen LogP contribution < -0.4 is 10.1 Å². The van der Waals surface area contributed by atoms with Crippen LogP contribution in [0.25, 0.3) is 0 Å². The number of amides is 1. The zero-order valence-electron chi connectivity index (χ0n) is 12.5. The number of benzene rings is 1. The molecule has 2 atom stereocenters. The van der Waals surface area contributed by atoms with Gasteiger partial charge in [0.1, 0.15) is 5.75 Å². The summed E-state index contributed by atoms with van der Waals surface area (Å²) in [6.45, 7) is 5.59. The zero-order chi connectivity index (χ0) is 15.6. The number of sulfone groups is 1. The molecule has 1 heterocycles. The fourth-order valence-electron chi connectivity index (χ4n) is 2.32. The van der Waals surface area contributed by atoms with Crippen molar-refractivity contribution in [1.82, 2.24) is 5.32 Å². The normalized spacial score (nSPS) is 21.8. The maximum absolute atomic E-state index is 12.1. The van der Waals surface area contributed by atoms with Gasteiger partial charge < -0.3 is 10.1 Å². The van der Waals surface area contributed by atoms with E-state index in [0.29, 0.717) is 12.2 Å². The van der Waals surface area contributed by atoms with Crippen molar-refractivity contribution in [1.29, 1.82) is 0 Å². The monoisotopic (exact) mass is 311 g/mol. The molecule has 0 aromatic heterocycles. The lowest BCUT2D eigenvalue weighted by Gasteiger charge is -2.19. The third-order valence-corrected chi connectivity index (χ3v) is 5.57. The molecular weight excluding hydrogens is 290 g/mol. The van der Waals surface area contributed by atoms with E-state index in [4.69, 9.17) is 4.74 Å². The molecule has 0 aliphatic carbocycles. The maximum atomic E-state index is 12.1. The molecule has 1 aliphatic rings. The van der Waals surface area contributed by atoms with E-state index in [1.807, 2.05) is 32.0 Å². The van der Waals surface area contributed by atoms with E-state index in [1.54, 1.807) is 6.92 Å². The summed E-state index contributed by atoms with van der Waals surface area (Å²) in [7, 11) is -2.99. The molecular formula is C15H21NO4S. The number of hydrogen-bond acceptors (Lipinski definition) is 4.